The Kier molecular flexibility index (Phi) is 7.72. The van der Waals surface area contributed by atoms with E-state index < -0.39 is 51.5 Å². The highest BCUT2D eigenvalue weighted by atomic mass is 32.2. The van der Waals surface area contributed by atoms with Gasteiger partial charge in [0, 0.05) is 16.5 Å². The lowest BCUT2D eigenvalue weighted by Gasteiger charge is -2.30. The highest BCUT2D eigenvalue weighted by molar-refractivity contribution is 8.00. The van der Waals surface area contributed by atoms with Crippen LogP contribution in [0.2, 0.25) is 0 Å². The number of para-hydroxylation sites is 1. The van der Waals surface area contributed by atoms with Gasteiger partial charge in [-0.3, -0.25) is 23.7 Å². The molecular formula is C31H24FN3O6S2. The van der Waals surface area contributed by atoms with Crippen molar-refractivity contribution in [3.05, 3.63) is 110 Å². The fraction of sp³-hybridized carbons (Fsp3) is 0.194. The van der Waals surface area contributed by atoms with Gasteiger partial charge in [-0.05, 0) is 61.0 Å². The first kappa shape index (κ1) is 28.6. The minimum atomic E-state index is -0.853. The lowest BCUT2D eigenvalue weighted by atomic mass is 9.83. The maximum atomic E-state index is 13.9. The van der Waals surface area contributed by atoms with Gasteiger partial charge in [-0.15, -0.1) is 0 Å². The summed E-state index contributed by atoms with van der Waals surface area (Å²) in [6.45, 7) is 1.61. The van der Waals surface area contributed by atoms with E-state index in [1.807, 2.05) is 0 Å². The van der Waals surface area contributed by atoms with Gasteiger partial charge in [-0.2, -0.15) is 0 Å². The van der Waals surface area contributed by atoms with Crippen molar-refractivity contribution in [2.24, 2.45) is 5.92 Å². The van der Waals surface area contributed by atoms with E-state index >= 15 is 0 Å². The monoisotopic (exact) mass is 617 g/mol. The van der Waals surface area contributed by atoms with Crippen molar-refractivity contribution in [3.63, 3.8) is 0 Å². The van der Waals surface area contributed by atoms with E-state index in [1.54, 1.807) is 61.5 Å². The average Bonchev–Trinajstić information content (AvgIpc) is 3.44. The highest BCUT2D eigenvalue weighted by Crippen LogP contribution is 2.53. The van der Waals surface area contributed by atoms with E-state index in [0.717, 1.165) is 23.1 Å². The number of carbonyl (C=O) groups excluding carboxylic acids is 4. The topological polar surface area (TPSA) is 115 Å². The van der Waals surface area contributed by atoms with Crippen molar-refractivity contribution in [1.82, 2.24) is 4.57 Å². The van der Waals surface area contributed by atoms with E-state index in [-0.39, 0.29) is 13.2 Å². The zero-order valence-electron chi connectivity index (χ0n) is 22.7. The summed E-state index contributed by atoms with van der Waals surface area (Å²) >= 11 is 2.01. The van der Waals surface area contributed by atoms with Crippen molar-refractivity contribution >= 4 is 58.2 Å². The first-order valence-electron chi connectivity index (χ1n) is 13.4. The summed E-state index contributed by atoms with van der Waals surface area (Å²) in [4.78, 5) is 67.1. The number of esters is 1. The minimum absolute atomic E-state index is 0.239. The van der Waals surface area contributed by atoms with Gasteiger partial charge in [0.05, 0.1) is 28.8 Å². The molecule has 0 aliphatic carbocycles. The zero-order chi connectivity index (χ0) is 30.2. The first-order chi connectivity index (χ1) is 20.8. The number of fused-ring (bicyclic) bond motifs is 2. The number of aromatic nitrogens is 1. The lowest BCUT2D eigenvalue weighted by molar-refractivity contribution is -0.122. The molecule has 218 valence electrons. The Labute approximate surface area is 253 Å². The van der Waals surface area contributed by atoms with Crippen LogP contribution in [-0.2, 0) is 25.7 Å². The molecular weight excluding hydrogens is 593 g/mol. The second kappa shape index (κ2) is 11.6. The number of carbonyl (C=O) groups is 4. The second-order valence-electron chi connectivity index (χ2n) is 9.91. The predicted octanol–water partition coefficient (Wildman–Crippen LogP) is 4.66. The van der Waals surface area contributed by atoms with Gasteiger partial charge in [0.2, 0.25) is 17.7 Å². The van der Waals surface area contributed by atoms with Crippen molar-refractivity contribution in [3.8, 4) is 0 Å². The molecule has 3 atom stereocenters. The standard InChI is InChI=1S/C31H24FN3O6S2/c1-2-41-30(39)18-10-14-20(15-11-18)33-22(36)16-34-29-26(43-31(34)40)23(17-8-12-19(32)13-9-17)24-25(42-29)28(38)35(27(24)37)21-6-4-3-5-7-21/h3-15,23-25H,2,16H2,1H3,(H,33,36). The number of nitrogens with one attached hydrogen (secondary N) is 1. The molecule has 4 aromatic rings. The molecule has 9 nitrogen and oxygen atoms in total. The van der Waals surface area contributed by atoms with Crippen LogP contribution in [0.25, 0.3) is 0 Å². The molecule has 1 aromatic heterocycles. The largest absolute Gasteiger partial charge is 0.462 e. The quantitative estimate of drug-likeness (QED) is 0.237. The molecule has 1 N–H and O–H groups in total. The summed E-state index contributed by atoms with van der Waals surface area (Å²) in [5.74, 6) is -3.76. The van der Waals surface area contributed by atoms with E-state index in [4.69, 9.17) is 4.74 Å². The number of rotatable bonds is 7. The van der Waals surface area contributed by atoms with E-state index in [9.17, 15) is 28.4 Å². The number of hydrogen-bond acceptors (Lipinski definition) is 8. The van der Waals surface area contributed by atoms with Crippen LogP contribution in [0.5, 0.6) is 0 Å². The molecule has 6 rings (SSSR count). The van der Waals surface area contributed by atoms with Crippen molar-refractivity contribution in [2.75, 3.05) is 16.8 Å². The van der Waals surface area contributed by atoms with Crippen LogP contribution in [0.4, 0.5) is 15.8 Å². The Morgan fingerprint density at radius 1 is 0.930 bits per heavy atom. The van der Waals surface area contributed by atoms with Crippen LogP contribution < -0.4 is 15.1 Å². The number of nitrogens with zero attached hydrogens (tertiary/aromatic N) is 2. The summed E-state index contributed by atoms with van der Waals surface area (Å²) < 4.78 is 20.2. The SMILES string of the molecule is CCOC(=O)c1ccc(NC(=O)Cn2c3c(sc2=O)C(c2ccc(F)cc2)C2C(=O)N(c4ccccc4)C(=O)C2S3)cc1. The molecule has 0 radical (unpaired) electrons. The minimum Gasteiger partial charge on any atom is -0.462 e. The molecule has 0 saturated carbocycles. The van der Waals surface area contributed by atoms with Crippen LogP contribution in [0, 0.1) is 11.7 Å². The summed E-state index contributed by atoms with van der Waals surface area (Å²) in [5, 5.41) is 2.30. The van der Waals surface area contributed by atoms with Gasteiger partial charge >= 0.3 is 10.8 Å². The number of halogens is 1. The highest BCUT2D eigenvalue weighted by Gasteiger charge is 2.56. The Morgan fingerprint density at radius 2 is 1.63 bits per heavy atom. The van der Waals surface area contributed by atoms with Crippen LogP contribution in [0.15, 0.2) is 88.7 Å². The third kappa shape index (κ3) is 5.28. The molecule has 3 heterocycles. The molecule has 3 amide bonds. The third-order valence-corrected chi connectivity index (χ3v) is 9.88. The van der Waals surface area contributed by atoms with Crippen LogP contribution in [0.3, 0.4) is 0 Å². The normalized spacial score (nSPS) is 19.1. The van der Waals surface area contributed by atoms with Gasteiger partial charge in [0.1, 0.15) is 17.6 Å². The molecule has 0 bridgehead atoms. The summed E-state index contributed by atoms with van der Waals surface area (Å²) in [7, 11) is 0. The number of thioether (sulfide) groups is 1. The Morgan fingerprint density at radius 3 is 2.30 bits per heavy atom. The van der Waals surface area contributed by atoms with Gasteiger partial charge in [0.25, 0.3) is 0 Å². The van der Waals surface area contributed by atoms with Crippen molar-refractivity contribution < 1.29 is 28.3 Å². The molecule has 2 aliphatic heterocycles. The Hall–Kier alpha value is -4.55. The first-order valence-corrected chi connectivity index (χ1v) is 15.1. The number of ether oxygens (including phenoxy) is 1. The summed E-state index contributed by atoms with van der Waals surface area (Å²) in [6.07, 6.45) is 0. The van der Waals surface area contributed by atoms with Gasteiger partial charge in [-0.1, -0.05) is 53.4 Å². The fourth-order valence-electron chi connectivity index (χ4n) is 5.36. The number of anilines is 2. The number of thiazole rings is 1. The number of amides is 3. The molecule has 2 aliphatic rings. The maximum Gasteiger partial charge on any atom is 0.338 e. The smallest absolute Gasteiger partial charge is 0.338 e. The van der Waals surface area contributed by atoms with E-state index in [0.29, 0.717) is 32.4 Å². The molecule has 3 unspecified atom stereocenters. The van der Waals surface area contributed by atoms with Gasteiger partial charge < -0.3 is 10.1 Å². The van der Waals surface area contributed by atoms with Crippen LogP contribution in [-0.4, -0.2) is 40.1 Å². The molecule has 1 saturated heterocycles. The fourth-order valence-corrected chi connectivity index (χ4v) is 8.14. The Bertz CT molecular complexity index is 1790. The van der Waals surface area contributed by atoms with E-state index in [2.05, 4.69) is 5.32 Å². The second-order valence-corrected chi connectivity index (χ2v) is 12.0. The molecule has 43 heavy (non-hydrogen) atoms. The van der Waals surface area contributed by atoms with Crippen molar-refractivity contribution in [2.45, 2.75) is 29.7 Å². The number of imide groups is 1. The number of benzene rings is 3. The molecule has 12 heteroatoms. The van der Waals surface area contributed by atoms with E-state index in [1.165, 1.54) is 33.7 Å². The van der Waals surface area contributed by atoms with Gasteiger partial charge in [-0.25, -0.2) is 14.1 Å². The third-order valence-electron chi connectivity index (χ3n) is 7.27. The van der Waals surface area contributed by atoms with Crippen LogP contribution in [0.1, 0.15) is 33.6 Å². The predicted molar refractivity (Wildman–Crippen MR) is 160 cm³/mol. The molecule has 0 spiro atoms. The molecule has 3 aromatic carbocycles. The van der Waals surface area contributed by atoms with Crippen LogP contribution >= 0.6 is 23.1 Å². The maximum absolute atomic E-state index is 13.9. The van der Waals surface area contributed by atoms with Crippen molar-refractivity contribution in [1.29, 1.82) is 0 Å². The summed E-state index contributed by atoms with van der Waals surface area (Å²) in [5.41, 5.74) is 1.79. The molecule has 1 fully saturated rings. The van der Waals surface area contributed by atoms with Gasteiger partial charge in [0.15, 0.2) is 0 Å². The number of hydrogen-bond donors (Lipinski definition) is 1. The average molecular weight is 618 g/mol. The Balaban J connectivity index is 1.33. The lowest BCUT2D eigenvalue weighted by Crippen LogP contribution is -2.33. The summed E-state index contributed by atoms with van der Waals surface area (Å²) in [6, 6.07) is 20.5. The zero-order valence-corrected chi connectivity index (χ0v) is 24.3.